The largest absolute Gasteiger partial charge is 0.472 e. The molecule has 0 aliphatic carbocycles. The average Bonchev–Trinajstić information content (AvgIpc) is 3.16. The molecule has 0 aromatic heterocycles. The monoisotopic (exact) mass is 802 g/mol. The van der Waals surface area contributed by atoms with Crippen molar-refractivity contribution in [3.8, 4) is 0 Å². The van der Waals surface area contributed by atoms with Gasteiger partial charge in [-0.3, -0.25) is 18.6 Å². The van der Waals surface area contributed by atoms with Crippen molar-refractivity contribution in [1.29, 1.82) is 0 Å². The van der Waals surface area contributed by atoms with Gasteiger partial charge in [0.05, 0.1) is 25.4 Å². The Hall–Kier alpha value is -1.85. The molecule has 5 N–H and O–H groups in total. The molecule has 11 nitrogen and oxygen atoms in total. The number of ether oxygens (including phenoxy) is 2. The second kappa shape index (κ2) is 39.0. The zero-order chi connectivity index (χ0) is 40.7. The van der Waals surface area contributed by atoms with Crippen molar-refractivity contribution >= 4 is 19.8 Å². The third-order valence-corrected chi connectivity index (χ3v) is 10.2. The van der Waals surface area contributed by atoms with Crippen LogP contribution in [0.15, 0.2) is 36.5 Å². The van der Waals surface area contributed by atoms with Gasteiger partial charge < -0.3 is 30.3 Å². The lowest BCUT2D eigenvalue weighted by Crippen LogP contribution is -2.30. The normalized spacial score (nSPS) is 14.8. The second-order valence-electron chi connectivity index (χ2n) is 14.5. The van der Waals surface area contributed by atoms with E-state index in [1.807, 2.05) is 12.2 Å². The summed E-state index contributed by atoms with van der Waals surface area (Å²) in [4.78, 5) is 34.9. The Bertz CT molecular complexity index is 1040. The summed E-state index contributed by atoms with van der Waals surface area (Å²) in [7, 11) is -4.44. The summed E-state index contributed by atoms with van der Waals surface area (Å²) in [6, 6.07) is 0. The van der Waals surface area contributed by atoms with E-state index in [1.165, 1.54) is 89.9 Å². The van der Waals surface area contributed by atoms with E-state index < -0.39 is 44.7 Å². The summed E-state index contributed by atoms with van der Waals surface area (Å²) in [5.41, 5.74) is 5.33. The maximum atomic E-state index is 12.6. The first-order valence-corrected chi connectivity index (χ1v) is 23.1. The minimum atomic E-state index is -4.44. The third kappa shape index (κ3) is 37.5. The molecule has 3 unspecified atom stereocenters. The van der Waals surface area contributed by atoms with Crippen LogP contribution in [-0.4, -0.2) is 71.7 Å². The van der Waals surface area contributed by atoms with Crippen molar-refractivity contribution in [2.45, 2.75) is 199 Å². The van der Waals surface area contributed by atoms with Crippen molar-refractivity contribution in [3.05, 3.63) is 36.5 Å². The summed E-state index contributed by atoms with van der Waals surface area (Å²) in [5, 5.41) is 20.6. The van der Waals surface area contributed by atoms with E-state index in [1.54, 1.807) is 0 Å². The molecule has 0 spiro atoms. The highest BCUT2D eigenvalue weighted by molar-refractivity contribution is 7.47. The predicted octanol–water partition coefficient (Wildman–Crippen LogP) is 10.1. The maximum Gasteiger partial charge on any atom is 0.472 e. The quantitative estimate of drug-likeness (QED) is 0.0201. The number of unbranched alkanes of at least 4 members (excludes halogenated alkanes) is 17. The zero-order valence-electron chi connectivity index (χ0n) is 34.6. The summed E-state index contributed by atoms with van der Waals surface area (Å²) in [5.74, 6) is -1.11. The van der Waals surface area contributed by atoms with Gasteiger partial charge in [-0.25, -0.2) is 4.57 Å². The number of hydrogen-bond acceptors (Lipinski definition) is 10. The van der Waals surface area contributed by atoms with E-state index >= 15 is 0 Å². The van der Waals surface area contributed by atoms with E-state index in [-0.39, 0.29) is 45.4 Å². The molecule has 0 bridgehead atoms. The number of esters is 2. The number of carbonyl (C=O) groups is 2. The molecule has 0 rings (SSSR count). The van der Waals surface area contributed by atoms with Crippen LogP contribution < -0.4 is 5.73 Å². The molecule has 0 heterocycles. The summed E-state index contributed by atoms with van der Waals surface area (Å²) < 4.78 is 32.6. The number of aliphatic hydroxyl groups excluding tert-OH is 2. The van der Waals surface area contributed by atoms with Crippen LogP contribution >= 0.6 is 7.82 Å². The highest BCUT2D eigenvalue weighted by Crippen LogP contribution is 2.43. The summed E-state index contributed by atoms with van der Waals surface area (Å²) >= 11 is 0. The molecule has 0 aliphatic rings. The number of aliphatic hydroxyl groups is 2. The van der Waals surface area contributed by atoms with Gasteiger partial charge in [0.25, 0.3) is 0 Å². The molecule has 0 aromatic rings. The van der Waals surface area contributed by atoms with Gasteiger partial charge >= 0.3 is 19.8 Å². The molecule has 4 atom stereocenters. The van der Waals surface area contributed by atoms with E-state index in [0.717, 1.165) is 38.5 Å². The van der Waals surface area contributed by atoms with E-state index in [9.17, 15) is 29.3 Å². The van der Waals surface area contributed by atoms with Crippen LogP contribution in [0.5, 0.6) is 0 Å². The van der Waals surface area contributed by atoms with Gasteiger partial charge in [0.15, 0.2) is 6.10 Å². The number of allylic oxidation sites excluding steroid dienone is 5. The lowest BCUT2D eigenvalue weighted by Gasteiger charge is -2.20. The lowest BCUT2D eigenvalue weighted by atomic mass is 10.0. The van der Waals surface area contributed by atoms with Gasteiger partial charge in [0, 0.05) is 19.4 Å². The zero-order valence-corrected chi connectivity index (χ0v) is 35.5. The first kappa shape index (κ1) is 53.1. The second-order valence-corrected chi connectivity index (χ2v) is 16.0. The Kier molecular flexibility index (Phi) is 37.7. The SMILES string of the molecule is CCCCC/C=C\C/C=C\C/C=C\CC(O)C(O)CCCC(=O)OC[C@H](COP(=O)(O)OCCN)OC(=O)CCCCCCCCCCCCCCCCC. The van der Waals surface area contributed by atoms with Crippen molar-refractivity contribution in [2.75, 3.05) is 26.4 Å². The minimum absolute atomic E-state index is 0.0147. The summed E-state index contributed by atoms with van der Waals surface area (Å²) in [6.45, 7) is 3.37. The number of rotatable bonds is 40. The molecule has 0 aromatic carbocycles. The number of phosphoric acid groups is 1. The average molecular weight is 802 g/mol. The Morgan fingerprint density at radius 1 is 0.618 bits per heavy atom. The number of phosphoric ester groups is 1. The molecule has 55 heavy (non-hydrogen) atoms. The molecule has 322 valence electrons. The van der Waals surface area contributed by atoms with Crippen LogP contribution in [0.2, 0.25) is 0 Å². The fourth-order valence-electron chi connectivity index (χ4n) is 5.86. The molecule has 0 saturated carbocycles. The standard InChI is InChI=1S/C43H80NO10P/c1-3-5-7-9-11-13-15-17-18-19-21-23-25-27-29-33-43(48)54-39(38-53-55(49,50)52-36-35-44)37-51-42(47)34-30-32-41(46)40(45)31-28-26-24-22-20-16-14-12-10-8-6-4-2/h12,14,20,22,26,28,39-41,45-46H,3-11,13,15-19,21,23-25,27,29-38,44H2,1-2H3,(H,49,50)/b14-12-,22-20-,28-26-/t39-,40?,41?/m1/s1. The maximum absolute atomic E-state index is 12.6. The molecule has 12 heteroatoms. The molecule has 0 aliphatic heterocycles. The van der Waals surface area contributed by atoms with Crippen molar-refractivity contribution in [3.63, 3.8) is 0 Å². The molecule has 0 radical (unpaired) electrons. The lowest BCUT2D eigenvalue weighted by molar-refractivity contribution is -0.161. The minimum Gasteiger partial charge on any atom is -0.462 e. The van der Waals surface area contributed by atoms with E-state index in [4.69, 9.17) is 24.3 Å². The van der Waals surface area contributed by atoms with Crippen molar-refractivity contribution < 1.29 is 47.8 Å². The molecule has 0 saturated heterocycles. The van der Waals surface area contributed by atoms with Gasteiger partial charge in [-0.2, -0.15) is 0 Å². The van der Waals surface area contributed by atoms with E-state index in [2.05, 4.69) is 38.2 Å². The topological polar surface area (TPSA) is 175 Å². The van der Waals surface area contributed by atoms with Crippen LogP contribution in [0.3, 0.4) is 0 Å². The first-order chi connectivity index (χ1) is 26.6. The van der Waals surface area contributed by atoms with Crippen molar-refractivity contribution in [1.82, 2.24) is 0 Å². The fourth-order valence-corrected chi connectivity index (χ4v) is 6.62. The smallest absolute Gasteiger partial charge is 0.462 e. The summed E-state index contributed by atoms with van der Waals surface area (Å²) in [6.07, 6.45) is 34.9. The molecule has 0 amide bonds. The van der Waals surface area contributed by atoms with Crippen LogP contribution in [0.1, 0.15) is 181 Å². The Morgan fingerprint density at radius 2 is 1.13 bits per heavy atom. The van der Waals surface area contributed by atoms with Crippen LogP contribution in [0.25, 0.3) is 0 Å². The fraction of sp³-hybridized carbons (Fsp3) is 0.814. The van der Waals surface area contributed by atoms with Crippen LogP contribution in [0.4, 0.5) is 0 Å². The highest BCUT2D eigenvalue weighted by atomic mass is 31.2. The highest BCUT2D eigenvalue weighted by Gasteiger charge is 2.26. The van der Waals surface area contributed by atoms with Crippen molar-refractivity contribution in [2.24, 2.45) is 5.73 Å². The van der Waals surface area contributed by atoms with Gasteiger partial charge in [0.2, 0.25) is 0 Å². The Balaban J connectivity index is 4.39. The molecular formula is C43H80NO10P. The van der Waals surface area contributed by atoms with Gasteiger partial charge in [-0.05, 0) is 51.4 Å². The predicted molar refractivity (Wildman–Crippen MR) is 222 cm³/mol. The number of carbonyl (C=O) groups excluding carboxylic acids is 2. The molecule has 0 fully saturated rings. The van der Waals surface area contributed by atoms with Gasteiger partial charge in [0.1, 0.15) is 6.61 Å². The van der Waals surface area contributed by atoms with Crippen LogP contribution in [0, 0.1) is 0 Å². The first-order valence-electron chi connectivity index (χ1n) is 21.6. The van der Waals surface area contributed by atoms with Gasteiger partial charge in [-0.15, -0.1) is 0 Å². The number of nitrogens with two attached hydrogens (primary N) is 1. The third-order valence-electron chi connectivity index (χ3n) is 9.23. The molecular weight excluding hydrogens is 721 g/mol. The Labute approximate surface area is 334 Å². The van der Waals surface area contributed by atoms with Crippen LogP contribution in [-0.2, 0) is 32.7 Å². The van der Waals surface area contributed by atoms with E-state index in [0.29, 0.717) is 12.8 Å². The van der Waals surface area contributed by atoms with Gasteiger partial charge in [-0.1, -0.05) is 153 Å². The Morgan fingerprint density at radius 3 is 1.71 bits per heavy atom. The number of hydrogen-bond donors (Lipinski definition) is 4.